The summed E-state index contributed by atoms with van der Waals surface area (Å²) in [6, 6.07) is 0.458. The summed E-state index contributed by atoms with van der Waals surface area (Å²) >= 11 is 0. The fraction of sp³-hybridized carbons (Fsp3) is 1.00. The molecule has 3 atom stereocenters. The summed E-state index contributed by atoms with van der Waals surface area (Å²) in [6.45, 7) is 6.92. The van der Waals surface area contributed by atoms with Crippen molar-refractivity contribution >= 4 is 0 Å². The van der Waals surface area contributed by atoms with Gasteiger partial charge in [0.2, 0.25) is 0 Å². The van der Waals surface area contributed by atoms with Crippen molar-refractivity contribution in [3.05, 3.63) is 0 Å². The first-order valence-electron chi connectivity index (χ1n) is 5.11. The monoisotopic (exact) mass is 187 g/mol. The molecule has 3 unspecified atom stereocenters. The molecule has 1 aliphatic rings. The van der Waals surface area contributed by atoms with Crippen molar-refractivity contribution in [2.45, 2.75) is 32.4 Å². The van der Waals surface area contributed by atoms with Crippen molar-refractivity contribution in [3.63, 3.8) is 0 Å². The van der Waals surface area contributed by atoms with Gasteiger partial charge in [0.05, 0.1) is 19.3 Å². The van der Waals surface area contributed by atoms with E-state index in [0.717, 1.165) is 26.2 Å². The number of nitrogens with one attached hydrogen (secondary N) is 1. The maximum absolute atomic E-state index is 5.54. The van der Waals surface area contributed by atoms with Crippen LogP contribution in [0.5, 0.6) is 0 Å². The second-order valence-electron chi connectivity index (χ2n) is 3.76. The highest BCUT2D eigenvalue weighted by Gasteiger charge is 2.28. The number of ether oxygens (including phenoxy) is 2. The summed E-state index contributed by atoms with van der Waals surface area (Å²) in [7, 11) is 1.75. The van der Waals surface area contributed by atoms with E-state index in [1.807, 2.05) is 0 Å². The summed E-state index contributed by atoms with van der Waals surface area (Å²) in [5.74, 6) is 0.620. The molecule has 0 spiro atoms. The van der Waals surface area contributed by atoms with Gasteiger partial charge in [0.15, 0.2) is 0 Å². The van der Waals surface area contributed by atoms with Crippen molar-refractivity contribution in [2.75, 3.05) is 26.9 Å². The molecule has 1 heterocycles. The Kier molecular flexibility index (Phi) is 4.70. The van der Waals surface area contributed by atoms with Crippen molar-refractivity contribution in [1.82, 2.24) is 5.32 Å². The normalized spacial score (nSPS) is 30.7. The molecule has 0 radical (unpaired) electrons. The molecule has 1 saturated heterocycles. The zero-order chi connectivity index (χ0) is 9.68. The van der Waals surface area contributed by atoms with Crippen molar-refractivity contribution in [2.24, 2.45) is 5.92 Å². The van der Waals surface area contributed by atoms with Gasteiger partial charge >= 0.3 is 0 Å². The van der Waals surface area contributed by atoms with Gasteiger partial charge in [-0.15, -0.1) is 0 Å². The smallest absolute Gasteiger partial charge is 0.0619 e. The van der Waals surface area contributed by atoms with E-state index in [9.17, 15) is 0 Å². The molecule has 13 heavy (non-hydrogen) atoms. The molecule has 0 aromatic heterocycles. The Morgan fingerprint density at radius 2 is 2.38 bits per heavy atom. The van der Waals surface area contributed by atoms with Crippen LogP contribution in [-0.4, -0.2) is 39.0 Å². The zero-order valence-electron chi connectivity index (χ0n) is 8.88. The predicted octanol–water partition coefficient (Wildman–Crippen LogP) is 1.04. The molecule has 3 nitrogen and oxygen atoms in total. The molecule has 0 bridgehead atoms. The van der Waals surface area contributed by atoms with Crippen LogP contribution in [0, 0.1) is 5.92 Å². The lowest BCUT2D eigenvalue weighted by Gasteiger charge is -2.22. The third-order valence-electron chi connectivity index (χ3n) is 2.61. The fourth-order valence-electron chi connectivity index (χ4n) is 1.93. The minimum Gasteiger partial charge on any atom is -0.383 e. The Morgan fingerprint density at radius 1 is 1.62 bits per heavy atom. The van der Waals surface area contributed by atoms with Gasteiger partial charge < -0.3 is 14.8 Å². The Bertz CT molecular complexity index is 135. The summed E-state index contributed by atoms with van der Waals surface area (Å²) in [5, 5.41) is 3.44. The Labute approximate surface area is 80.8 Å². The summed E-state index contributed by atoms with van der Waals surface area (Å²) < 4.78 is 10.7. The first-order chi connectivity index (χ1) is 6.27. The lowest BCUT2D eigenvalue weighted by atomic mass is 9.97. The van der Waals surface area contributed by atoms with Gasteiger partial charge in [0, 0.05) is 19.1 Å². The highest BCUT2D eigenvalue weighted by molar-refractivity contribution is 4.81. The largest absolute Gasteiger partial charge is 0.383 e. The van der Waals surface area contributed by atoms with Crippen LogP contribution in [0.3, 0.4) is 0 Å². The summed E-state index contributed by atoms with van der Waals surface area (Å²) in [6.07, 6.45) is 1.57. The third-order valence-corrected chi connectivity index (χ3v) is 2.61. The van der Waals surface area contributed by atoms with Gasteiger partial charge in [0.1, 0.15) is 0 Å². The average Bonchev–Trinajstić information content (AvgIpc) is 2.51. The van der Waals surface area contributed by atoms with Gasteiger partial charge in [-0.2, -0.15) is 0 Å². The second-order valence-corrected chi connectivity index (χ2v) is 3.76. The van der Waals surface area contributed by atoms with E-state index in [0.29, 0.717) is 18.1 Å². The van der Waals surface area contributed by atoms with Gasteiger partial charge in [0.25, 0.3) is 0 Å². The van der Waals surface area contributed by atoms with Crippen LogP contribution >= 0.6 is 0 Å². The quantitative estimate of drug-likeness (QED) is 0.697. The Hall–Kier alpha value is -0.120. The van der Waals surface area contributed by atoms with E-state index in [4.69, 9.17) is 9.47 Å². The van der Waals surface area contributed by atoms with Crippen molar-refractivity contribution in [1.29, 1.82) is 0 Å². The van der Waals surface area contributed by atoms with Crippen molar-refractivity contribution in [3.8, 4) is 0 Å². The molecular formula is C10H21NO2. The number of hydrogen-bond acceptors (Lipinski definition) is 3. The lowest BCUT2D eigenvalue weighted by molar-refractivity contribution is 0.104. The minimum atomic E-state index is 0.419. The van der Waals surface area contributed by atoms with Crippen LogP contribution in [0.4, 0.5) is 0 Å². The SMILES string of the molecule is CCNC(COC)C1COC(C)C1. The highest BCUT2D eigenvalue weighted by atomic mass is 16.5. The van der Waals surface area contributed by atoms with Crippen molar-refractivity contribution < 1.29 is 9.47 Å². The first-order valence-corrected chi connectivity index (χ1v) is 5.11. The van der Waals surface area contributed by atoms with E-state index >= 15 is 0 Å². The van der Waals surface area contributed by atoms with Crippen LogP contribution in [-0.2, 0) is 9.47 Å². The molecule has 1 fully saturated rings. The van der Waals surface area contributed by atoms with Gasteiger partial charge in [-0.3, -0.25) is 0 Å². The molecule has 1 N–H and O–H groups in total. The summed E-state index contributed by atoms with van der Waals surface area (Å²) in [4.78, 5) is 0. The lowest BCUT2D eigenvalue weighted by Crippen LogP contribution is -2.40. The average molecular weight is 187 g/mol. The fourth-order valence-corrected chi connectivity index (χ4v) is 1.93. The molecule has 0 saturated carbocycles. The van der Waals surface area contributed by atoms with Crippen LogP contribution < -0.4 is 5.32 Å². The van der Waals surface area contributed by atoms with Crippen LogP contribution in [0.25, 0.3) is 0 Å². The van der Waals surface area contributed by atoms with Crippen LogP contribution in [0.15, 0.2) is 0 Å². The summed E-state index contributed by atoms with van der Waals surface area (Å²) in [5.41, 5.74) is 0. The first kappa shape index (κ1) is 11.0. The van der Waals surface area contributed by atoms with Gasteiger partial charge in [-0.1, -0.05) is 6.92 Å². The Morgan fingerprint density at radius 3 is 2.85 bits per heavy atom. The number of likely N-dealkylation sites (N-methyl/N-ethyl adjacent to an activating group) is 1. The molecule has 78 valence electrons. The van der Waals surface area contributed by atoms with E-state index < -0.39 is 0 Å². The number of hydrogen-bond donors (Lipinski definition) is 1. The third kappa shape index (κ3) is 3.25. The maximum Gasteiger partial charge on any atom is 0.0619 e. The number of rotatable bonds is 5. The highest BCUT2D eigenvalue weighted by Crippen LogP contribution is 2.22. The Balaban J connectivity index is 2.35. The molecule has 1 rings (SSSR count). The number of methoxy groups -OCH3 is 1. The van der Waals surface area contributed by atoms with E-state index in [2.05, 4.69) is 19.2 Å². The molecule has 0 aliphatic carbocycles. The maximum atomic E-state index is 5.54. The van der Waals surface area contributed by atoms with E-state index in [-0.39, 0.29) is 0 Å². The zero-order valence-corrected chi connectivity index (χ0v) is 8.88. The molecule has 0 aromatic carbocycles. The van der Waals surface area contributed by atoms with E-state index in [1.54, 1.807) is 7.11 Å². The second kappa shape index (κ2) is 5.58. The van der Waals surface area contributed by atoms with E-state index in [1.165, 1.54) is 0 Å². The van der Waals surface area contributed by atoms with Crippen LogP contribution in [0.2, 0.25) is 0 Å². The molecule has 3 heteroatoms. The molecule has 1 aliphatic heterocycles. The molecule has 0 aromatic rings. The molecule has 0 amide bonds. The van der Waals surface area contributed by atoms with Gasteiger partial charge in [-0.25, -0.2) is 0 Å². The molecular weight excluding hydrogens is 166 g/mol. The predicted molar refractivity (Wildman–Crippen MR) is 52.9 cm³/mol. The standard InChI is InChI=1S/C10H21NO2/c1-4-11-10(7-12-3)9-5-8(2)13-6-9/h8-11H,4-7H2,1-3H3. The minimum absolute atomic E-state index is 0.419. The topological polar surface area (TPSA) is 30.5 Å². The van der Waals surface area contributed by atoms with Crippen LogP contribution in [0.1, 0.15) is 20.3 Å². The van der Waals surface area contributed by atoms with Gasteiger partial charge in [-0.05, 0) is 19.9 Å².